The van der Waals surface area contributed by atoms with Crippen LogP contribution in [0.15, 0.2) is 18.2 Å². The van der Waals surface area contributed by atoms with Crippen molar-refractivity contribution >= 4 is 11.9 Å². The van der Waals surface area contributed by atoms with E-state index in [9.17, 15) is 14.0 Å². The van der Waals surface area contributed by atoms with Gasteiger partial charge in [-0.3, -0.25) is 9.69 Å². The molecule has 1 aliphatic rings. The number of halogens is 1. The van der Waals surface area contributed by atoms with Gasteiger partial charge in [0.1, 0.15) is 11.4 Å². The maximum Gasteiger partial charge on any atom is 0.325 e. The highest BCUT2D eigenvalue weighted by Gasteiger charge is 2.49. The first kappa shape index (κ1) is 15.0. The molecule has 1 saturated heterocycles. The topological polar surface area (TPSA) is 73.2 Å². The predicted octanol–water partition coefficient (Wildman–Crippen LogP) is 2.16. The van der Waals surface area contributed by atoms with E-state index in [1.54, 1.807) is 6.92 Å². The lowest BCUT2D eigenvalue weighted by Crippen LogP contribution is -2.48. The minimum absolute atomic E-state index is 0.0455. The van der Waals surface area contributed by atoms with Gasteiger partial charge in [-0.1, -0.05) is 19.9 Å². The molecule has 0 saturated carbocycles. The van der Waals surface area contributed by atoms with Crippen molar-refractivity contribution in [2.75, 3.05) is 0 Å². The standard InChI is InChI=1S/C15H16FN3O2/c1-9(2)15(3)13(20)19(14(21)18-15)8-10-4-5-12(16)6-11(10)7-17/h4-6,9H,8H2,1-3H3,(H,18,21). The smallest absolute Gasteiger partial charge is 0.323 e. The number of carbonyl (C=O) groups excluding carboxylic acids is 2. The van der Waals surface area contributed by atoms with Crippen LogP contribution in [0.1, 0.15) is 31.9 Å². The summed E-state index contributed by atoms with van der Waals surface area (Å²) in [6, 6.07) is 5.09. The molecule has 1 aromatic rings. The van der Waals surface area contributed by atoms with Crippen LogP contribution < -0.4 is 5.32 Å². The molecule has 110 valence electrons. The van der Waals surface area contributed by atoms with Crippen LogP contribution in [0, 0.1) is 23.1 Å². The third-order valence-corrected chi connectivity index (χ3v) is 3.98. The molecule has 0 aliphatic carbocycles. The SMILES string of the molecule is CC(C)C1(C)NC(=O)N(Cc2ccc(F)cc2C#N)C1=O. The number of hydrogen-bond donors (Lipinski definition) is 1. The van der Waals surface area contributed by atoms with Crippen molar-refractivity contribution in [1.29, 1.82) is 5.26 Å². The molecular formula is C15H16FN3O2. The molecule has 3 amide bonds. The van der Waals surface area contributed by atoms with Gasteiger partial charge in [0.25, 0.3) is 5.91 Å². The highest BCUT2D eigenvalue weighted by Crippen LogP contribution is 2.27. The van der Waals surface area contributed by atoms with Crippen LogP contribution in [-0.4, -0.2) is 22.4 Å². The number of nitrogens with one attached hydrogen (secondary N) is 1. The summed E-state index contributed by atoms with van der Waals surface area (Å²) >= 11 is 0. The Labute approximate surface area is 122 Å². The molecule has 5 nitrogen and oxygen atoms in total. The van der Waals surface area contributed by atoms with Gasteiger partial charge in [-0.2, -0.15) is 5.26 Å². The molecule has 1 aliphatic heterocycles. The first-order valence-corrected chi connectivity index (χ1v) is 6.62. The van der Waals surface area contributed by atoms with Crippen LogP contribution >= 0.6 is 0 Å². The molecule has 1 fully saturated rings. The van der Waals surface area contributed by atoms with Gasteiger partial charge in [-0.05, 0) is 30.5 Å². The summed E-state index contributed by atoms with van der Waals surface area (Å²) in [5.74, 6) is -0.933. The van der Waals surface area contributed by atoms with E-state index in [0.717, 1.165) is 11.0 Å². The van der Waals surface area contributed by atoms with E-state index in [0.29, 0.717) is 5.56 Å². The van der Waals surface area contributed by atoms with Gasteiger partial charge < -0.3 is 5.32 Å². The maximum atomic E-state index is 13.1. The van der Waals surface area contributed by atoms with Crippen molar-refractivity contribution in [3.05, 3.63) is 35.1 Å². The lowest BCUT2D eigenvalue weighted by Gasteiger charge is -2.25. The van der Waals surface area contributed by atoms with E-state index in [1.807, 2.05) is 19.9 Å². The van der Waals surface area contributed by atoms with Gasteiger partial charge in [-0.25, -0.2) is 9.18 Å². The highest BCUT2D eigenvalue weighted by atomic mass is 19.1. The lowest BCUT2D eigenvalue weighted by molar-refractivity contribution is -0.132. The van der Waals surface area contributed by atoms with Gasteiger partial charge in [0, 0.05) is 0 Å². The fraction of sp³-hybridized carbons (Fsp3) is 0.400. The highest BCUT2D eigenvalue weighted by molar-refractivity contribution is 6.06. The summed E-state index contributed by atoms with van der Waals surface area (Å²) < 4.78 is 13.1. The van der Waals surface area contributed by atoms with Crippen LogP contribution in [0.3, 0.4) is 0 Å². The number of amides is 3. The van der Waals surface area contributed by atoms with Crippen LogP contribution in [0.4, 0.5) is 9.18 Å². The van der Waals surface area contributed by atoms with E-state index in [4.69, 9.17) is 5.26 Å². The van der Waals surface area contributed by atoms with Crippen molar-refractivity contribution in [3.63, 3.8) is 0 Å². The summed E-state index contributed by atoms with van der Waals surface area (Å²) in [5, 5.41) is 11.7. The Bertz CT molecular complexity index is 651. The average Bonchev–Trinajstić information content (AvgIpc) is 2.65. The fourth-order valence-electron chi connectivity index (χ4n) is 2.21. The zero-order valence-electron chi connectivity index (χ0n) is 12.1. The molecule has 0 aromatic heterocycles. The van der Waals surface area contributed by atoms with Gasteiger partial charge in [0.05, 0.1) is 18.2 Å². The van der Waals surface area contributed by atoms with Crippen molar-refractivity contribution in [1.82, 2.24) is 10.2 Å². The van der Waals surface area contributed by atoms with Gasteiger partial charge in [0.15, 0.2) is 0 Å². The second kappa shape index (κ2) is 5.17. The van der Waals surface area contributed by atoms with E-state index >= 15 is 0 Å². The van der Waals surface area contributed by atoms with E-state index < -0.39 is 17.4 Å². The third-order valence-electron chi connectivity index (χ3n) is 3.98. The molecule has 2 rings (SSSR count). The van der Waals surface area contributed by atoms with E-state index in [-0.39, 0.29) is 23.9 Å². The summed E-state index contributed by atoms with van der Waals surface area (Å²) in [6.07, 6.45) is 0. The van der Waals surface area contributed by atoms with Crippen molar-refractivity contribution in [3.8, 4) is 6.07 Å². The minimum atomic E-state index is -0.954. The molecule has 1 heterocycles. The number of carbonyl (C=O) groups is 2. The fourth-order valence-corrected chi connectivity index (χ4v) is 2.21. The number of rotatable bonds is 3. The molecule has 0 radical (unpaired) electrons. The van der Waals surface area contributed by atoms with Crippen LogP contribution in [0.5, 0.6) is 0 Å². The number of benzene rings is 1. The Morgan fingerprint density at radius 3 is 2.62 bits per heavy atom. The number of nitriles is 1. The molecule has 1 unspecified atom stereocenters. The van der Waals surface area contributed by atoms with Crippen LogP contribution in [-0.2, 0) is 11.3 Å². The number of nitrogens with zero attached hydrogens (tertiary/aromatic N) is 2. The first-order valence-electron chi connectivity index (χ1n) is 6.62. The average molecular weight is 289 g/mol. The van der Waals surface area contributed by atoms with Crippen molar-refractivity contribution in [2.24, 2.45) is 5.92 Å². The maximum absolute atomic E-state index is 13.1. The quantitative estimate of drug-likeness (QED) is 0.867. The van der Waals surface area contributed by atoms with Crippen molar-refractivity contribution in [2.45, 2.75) is 32.9 Å². The van der Waals surface area contributed by atoms with E-state index in [2.05, 4.69) is 5.32 Å². The molecule has 1 aromatic carbocycles. The van der Waals surface area contributed by atoms with Crippen LogP contribution in [0.25, 0.3) is 0 Å². The van der Waals surface area contributed by atoms with Crippen LogP contribution in [0.2, 0.25) is 0 Å². The normalized spacial score (nSPS) is 21.6. The second-order valence-corrected chi connectivity index (χ2v) is 5.59. The molecule has 1 N–H and O–H groups in total. The minimum Gasteiger partial charge on any atom is -0.323 e. The lowest BCUT2D eigenvalue weighted by atomic mass is 9.88. The summed E-state index contributed by atoms with van der Waals surface area (Å²) in [4.78, 5) is 25.5. The number of hydrogen-bond acceptors (Lipinski definition) is 3. The predicted molar refractivity (Wildman–Crippen MR) is 73.4 cm³/mol. The molecule has 6 heteroatoms. The summed E-state index contributed by atoms with van der Waals surface area (Å²) in [6.45, 7) is 5.32. The Hall–Kier alpha value is -2.42. The molecule has 1 atom stereocenters. The van der Waals surface area contributed by atoms with Gasteiger partial charge >= 0.3 is 6.03 Å². The first-order chi connectivity index (χ1) is 9.79. The number of imide groups is 1. The Morgan fingerprint density at radius 1 is 1.43 bits per heavy atom. The molecular weight excluding hydrogens is 273 g/mol. The Morgan fingerprint density at radius 2 is 2.10 bits per heavy atom. The van der Waals surface area contributed by atoms with E-state index in [1.165, 1.54) is 12.1 Å². The Balaban J connectivity index is 2.31. The molecule has 21 heavy (non-hydrogen) atoms. The Kier molecular flexibility index (Phi) is 3.69. The third kappa shape index (κ3) is 2.47. The van der Waals surface area contributed by atoms with Gasteiger partial charge in [-0.15, -0.1) is 0 Å². The monoisotopic (exact) mass is 289 g/mol. The molecule has 0 spiro atoms. The number of urea groups is 1. The summed E-state index contributed by atoms with van der Waals surface area (Å²) in [5.41, 5.74) is -0.395. The zero-order chi connectivity index (χ0) is 15.8. The van der Waals surface area contributed by atoms with Crippen molar-refractivity contribution < 1.29 is 14.0 Å². The molecule has 0 bridgehead atoms. The largest absolute Gasteiger partial charge is 0.325 e. The van der Waals surface area contributed by atoms with Gasteiger partial charge in [0.2, 0.25) is 0 Å². The summed E-state index contributed by atoms with van der Waals surface area (Å²) in [7, 11) is 0. The zero-order valence-corrected chi connectivity index (χ0v) is 12.1. The second-order valence-electron chi connectivity index (χ2n) is 5.59.